The number of carboxylic acids is 1. The molecule has 0 spiro atoms. The highest BCUT2D eigenvalue weighted by atomic mass is 79.9. The van der Waals surface area contributed by atoms with Gasteiger partial charge in [0.25, 0.3) is 0 Å². The van der Waals surface area contributed by atoms with Crippen molar-refractivity contribution in [2.75, 3.05) is 5.32 Å². The average Bonchev–Trinajstić information content (AvgIpc) is 3.23. The zero-order valence-corrected chi connectivity index (χ0v) is 15.6. The van der Waals surface area contributed by atoms with Gasteiger partial charge in [-0.2, -0.15) is 23.4 Å². The second-order valence-electron chi connectivity index (χ2n) is 6.18. The Bertz CT molecular complexity index is 901. The van der Waals surface area contributed by atoms with Crippen LogP contribution in [0.15, 0.2) is 10.7 Å². The molecule has 0 radical (unpaired) electrons. The third-order valence-corrected chi connectivity index (χ3v) is 4.91. The molecule has 0 atom stereocenters. The molecule has 0 saturated heterocycles. The first kappa shape index (κ1) is 19.4. The van der Waals surface area contributed by atoms with Gasteiger partial charge in [0, 0.05) is 19.4 Å². The summed E-state index contributed by atoms with van der Waals surface area (Å²) in [4.78, 5) is 23.3. The molecule has 1 fully saturated rings. The first-order valence-corrected chi connectivity index (χ1v) is 8.77. The standard InChI is InChI=1S/C15H15BrF3N5O3/c1-23-12(14(26)27)8(6-20-23)21-9(25)4-5-24-11(7-2-3-7)10(16)13(22-24)15(17,18)19/h6-7H,2-5H2,1H3,(H,21,25)(H,26,27). The second kappa shape index (κ2) is 6.98. The minimum Gasteiger partial charge on any atom is -0.476 e. The molecule has 8 nitrogen and oxygen atoms in total. The van der Waals surface area contributed by atoms with Crippen LogP contribution in [0.4, 0.5) is 18.9 Å². The number of alkyl halides is 3. The number of nitrogens with zero attached hydrogens (tertiary/aromatic N) is 4. The molecule has 0 unspecified atom stereocenters. The number of halogens is 4. The number of aryl methyl sites for hydroxylation is 2. The van der Waals surface area contributed by atoms with E-state index in [1.165, 1.54) is 17.9 Å². The molecule has 3 rings (SSSR count). The van der Waals surface area contributed by atoms with Gasteiger partial charge in [-0.15, -0.1) is 0 Å². The minimum atomic E-state index is -4.60. The Labute approximate surface area is 159 Å². The minimum absolute atomic E-state index is 0.0111. The number of anilines is 1. The largest absolute Gasteiger partial charge is 0.476 e. The summed E-state index contributed by atoms with van der Waals surface area (Å²) in [5, 5.41) is 18.9. The van der Waals surface area contributed by atoms with Gasteiger partial charge in [0.05, 0.1) is 28.6 Å². The normalized spacial score (nSPS) is 14.4. The SMILES string of the molecule is Cn1ncc(NC(=O)CCn2nc(C(F)(F)F)c(Br)c2C2CC2)c1C(=O)O. The van der Waals surface area contributed by atoms with Crippen molar-refractivity contribution in [3.05, 3.63) is 27.8 Å². The zero-order chi connectivity index (χ0) is 19.9. The molecule has 2 aromatic heterocycles. The van der Waals surface area contributed by atoms with Crippen LogP contribution in [0.25, 0.3) is 0 Å². The maximum atomic E-state index is 13.1. The van der Waals surface area contributed by atoms with E-state index in [-0.39, 0.29) is 34.7 Å². The summed E-state index contributed by atoms with van der Waals surface area (Å²) in [6.07, 6.45) is -2.03. The molecule has 2 N–H and O–H groups in total. The summed E-state index contributed by atoms with van der Waals surface area (Å²) in [6.45, 7) is -0.0605. The van der Waals surface area contributed by atoms with Gasteiger partial charge in [-0.25, -0.2) is 4.79 Å². The number of amides is 1. The Hall–Kier alpha value is -2.37. The van der Waals surface area contributed by atoms with Crippen LogP contribution in [0.5, 0.6) is 0 Å². The van der Waals surface area contributed by atoms with Crippen molar-refractivity contribution >= 4 is 33.5 Å². The topological polar surface area (TPSA) is 102 Å². The van der Waals surface area contributed by atoms with Crippen LogP contribution in [-0.4, -0.2) is 36.5 Å². The number of aromatic carboxylic acids is 1. The van der Waals surface area contributed by atoms with Crippen LogP contribution < -0.4 is 5.32 Å². The van der Waals surface area contributed by atoms with Crippen LogP contribution >= 0.6 is 15.9 Å². The Balaban J connectivity index is 1.74. The van der Waals surface area contributed by atoms with Gasteiger partial charge in [0.2, 0.25) is 5.91 Å². The zero-order valence-electron chi connectivity index (χ0n) is 14.0. The van der Waals surface area contributed by atoms with Crippen molar-refractivity contribution in [2.45, 2.75) is 37.9 Å². The first-order chi connectivity index (χ1) is 12.6. The number of carboxylic acid groups (broad SMARTS) is 1. The lowest BCUT2D eigenvalue weighted by molar-refractivity contribution is -0.142. The fraction of sp³-hybridized carbons (Fsp3) is 0.467. The summed E-state index contributed by atoms with van der Waals surface area (Å²) >= 11 is 2.99. The highest BCUT2D eigenvalue weighted by Gasteiger charge is 2.41. The van der Waals surface area contributed by atoms with E-state index < -0.39 is 23.7 Å². The van der Waals surface area contributed by atoms with E-state index in [0.717, 1.165) is 17.5 Å². The molecule has 146 valence electrons. The predicted molar refractivity (Wildman–Crippen MR) is 90.3 cm³/mol. The molecular formula is C15H15BrF3N5O3. The fourth-order valence-corrected chi connectivity index (χ4v) is 3.59. The van der Waals surface area contributed by atoms with Crippen LogP contribution in [-0.2, 0) is 24.6 Å². The van der Waals surface area contributed by atoms with Crippen molar-refractivity contribution < 1.29 is 27.9 Å². The number of carbonyl (C=O) groups is 2. The van der Waals surface area contributed by atoms with E-state index in [2.05, 4.69) is 31.4 Å². The quantitative estimate of drug-likeness (QED) is 0.705. The molecule has 27 heavy (non-hydrogen) atoms. The highest BCUT2D eigenvalue weighted by molar-refractivity contribution is 9.10. The van der Waals surface area contributed by atoms with Gasteiger partial charge < -0.3 is 10.4 Å². The lowest BCUT2D eigenvalue weighted by Crippen LogP contribution is -2.18. The summed E-state index contributed by atoms with van der Waals surface area (Å²) in [5.41, 5.74) is -0.744. The Kier molecular flexibility index (Phi) is 5.02. The Morgan fingerprint density at radius 3 is 2.63 bits per heavy atom. The van der Waals surface area contributed by atoms with Gasteiger partial charge >= 0.3 is 12.1 Å². The monoisotopic (exact) mass is 449 g/mol. The molecule has 0 aromatic carbocycles. The second-order valence-corrected chi connectivity index (χ2v) is 6.97. The molecule has 1 amide bonds. The maximum absolute atomic E-state index is 13.1. The molecule has 1 saturated carbocycles. The van der Waals surface area contributed by atoms with Crippen LogP contribution in [0.2, 0.25) is 0 Å². The maximum Gasteiger partial charge on any atom is 0.436 e. The molecule has 1 aliphatic carbocycles. The lowest BCUT2D eigenvalue weighted by atomic mass is 10.2. The molecule has 0 bridgehead atoms. The lowest BCUT2D eigenvalue weighted by Gasteiger charge is -2.08. The van der Waals surface area contributed by atoms with Gasteiger partial charge in [-0.05, 0) is 28.8 Å². The highest BCUT2D eigenvalue weighted by Crippen LogP contribution is 2.47. The van der Waals surface area contributed by atoms with Crippen molar-refractivity contribution in [1.29, 1.82) is 0 Å². The molecule has 0 aliphatic heterocycles. The molecule has 2 heterocycles. The van der Waals surface area contributed by atoms with Gasteiger partial charge in [0.15, 0.2) is 11.4 Å². The average molecular weight is 450 g/mol. The van der Waals surface area contributed by atoms with Crippen LogP contribution in [0, 0.1) is 0 Å². The third-order valence-electron chi connectivity index (χ3n) is 4.13. The molecule has 1 aliphatic rings. The number of rotatable bonds is 6. The van der Waals surface area contributed by atoms with Crippen molar-refractivity contribution in [3.8, 4) is 0 Å². The molecule has 2 aromatic rings. The number of carbonyl (C=O) groups excluding carboxylic acids is 1. The number of hydrogen-bond donors (Lipinski definition) is 2. The predicted octanol–water partition coefficient (Wildman–Crippen LogP) is 3.00. The molecular weight excluding hydrogens is 435 g/mol. The van der Waals surface area contributed by atoms with E-state index in [1.54, 1.807) is 0 Å². The van der Waals surface area contributed by atoms with E-state index in [1.807, 2.05) is 0 Å². The number of nitrogens with one attached hydrogen (secondary N) is 1. The summed E-state index contributed by atoms with van der Waals surface area (Å²) in [5.74, 6) is -1.82. The number of aromatic nitrogens is 4. The van der Waals surface area contributed by atoms with E-state index in [0.29, 0.717) is 5.69 Å². The summed E-state index contributed by atoms with van der Waals surface area (Å²) in [7, 11) is 1.42. The van der Waals surface area contributed by atoms with Gasteiger partial charge in [-0.1, -0.05) is 0 Å². The summed E-state index contributed by atoms with van der Waals surface area (Å²) in [6, 6.07) is 0. The van der Waals surface area contributed by atoms with Gasteiger partial charge in [0.1, 0.15) is 0 Å². The smallest absolute Gasteiger partial charge is 0.436 e. The third kappa shape index (κ3) is 3.99. The van der Waals surface area contributed by atoms with Crippen molar-refractivity contribution in [2.24, 2.45) is 7.05 Å². The van der Waals surface area contributed by atoms with Gasteiger partial charge in [-0.3, -0.25) is 14.2 Å². The van der Waals surface area contributed by atoms with Crippen molar-refractivity contribution in [1.82, 2.24) is 19.6 Å². The summed E-state index contributed by atoms with van der Waals surface area (Å²) < 4.78 is 41.5. The van der Waals surface area contributed by atoms with E-state index >= 15 is 0 Å². The Morgan fingerprint density at radius 1 is 1.41 bits per heavy atom. The van der Waals surface area contributed by atoms with E-state index in [9.17, 15) is 22.8 Å². The van der Waals surface area contributed by atoms with Crippen LogP contribution in [0.3, 0.4) is 0 Å². The molecule has 12 heteroatoms. The Morgan fingerprint density at radius 2 is 2.07 bits per heavy atom. The van der Waals surface area contributed by atoms with E-state index in [4.69, 9.17) is 5.11 Å². The van der Waals surface area contributed by atoms with Crippen LogP contribution in [0.1, 0.15) is 47.1 Å². The first-order valence-electron chi connectivity index (χ1n) is 7.98. The van der Waals surface area contributed by atoms with Crippen molar-refractivity contribution in [3.63, 3.8) is 0 Å². The number of hydrogen-bond acceptors (Lipinski definition) is 4. The fourth-order valence-electron chi connectivity index (χ4n) is 2.75.